The maximum atomic E-state index is 12.9. The lowest BCUT2D eigenvalue weighted by Gasteiger charge is -2.09. The van der Waals surface area contributed by atoms with Crippen molar-refractivity contribution in [3.05, 3.63) is 35.1 Å². The Bertz CT molecular complexity index is 507. The molecule has 96 valence electrons. The van der Waals surface area contributed by atoms with Crippen LogP contribution in [-0.4, -0.2) is 14.7 Å². The summed E-state index contributed by atoms with van der Waals surface area (Å²) in [6, 6.07) is 1.73. The van der Waals surface area contributed by atoms with Gasteiger partial charge in [0.15, 0.2) is 0 Å². The highest BCUT2D eigenvalue weighted by atomic mass is 32.2. The summed E-state index contributed by atoms with van der Waals surface area (Å²) in [5, 5.41) is 0. The van der Waals surface area contributed by atoms with Crippen molar-refractivity contribution in [3.63, 3.8) is 0 Å². The van der Waals surface area contributed by atoms with E-state index in [1.165, 1.54) is 0 Å². The van der Waals surface area contributed by atoms with Crippen LogP contribution < -0.4 is 0 Å². The zero-order valence-electron chi connectivity index (χ0n) is 8.58. The maximum Gasteiger partial charge on any atom is 0.416 e. The zero-order chi connectivity index (χ0) is 13.3. The van der Waals surface area contributed by atoms with Gasteiger partial charge in [0, 0.05) is 0 Å². The third kappa shape index (κ3) is 4.70. The molecule has 8 heteroatoms. The van der Waals surface area contributed by atoms with E-state index in [4.69, 9.17) is 0 Å². The van der Waals surface area contributed by atoms with Gasteiger partial charge in [-0.15, -0.1) is 0 Å². The van der Waals surface area contributed by atoms with Gasteiger partial charge in [0.1, 0.15) is 5.82 Å². The molecule has 0 fully saturated rings. The molecule has 0 aliphatic rings. The molecule has 0 aliphatic heterocycles. The number of hydrogen-bond donors (Lipinski definition) is 0. The van der Waals surface area contributed by atoms with E-state index in [1.807, 2.05) is 0 Å². The van der Waals surface area contributed by atoms with Crippen molar-refractivity contribution < 1.29 is 30.2 Å². The van der Waals surface area contributed by atoms with E-state index in [0.29, 0.717) is 12.1 Å². The highest BCUT2D eigenvalue weighted by Crippen LogP contribution is 2.30. The molecule has 1 aromatic carbocycles. The zero-order valence-corrected chi connectivity index (χ0v) is 9.40. The summed E-state index contributed by atoms with van der Waals surface area (Å²) in [6.07, 6.45) is -3.95. The SMILES string of the molecule is CS(=O)(=O)OCc1cc(F)cc(C(F)(F)F)c1. The lowest BCUT2D eigenvalue weighted by molar-refractivity contribution is -0.137. The molecule has 0 bridgehead atoms. The van der Waals surface area contributed by atoms with Gasteiger partial charge in [-0.1, -0.05) is 0 Å². The molecule has 3 nitrogen and oxygen atoms in total. The lowest BCUT2D eigenvalue weighted by Crippen LogP contribution is -2.08. The van der Waals surface area contributed by atoms with Gasteiger partial charge in [-0.05, 0) is 23.8 Å². The average Bonchev–Trinajstić information content (AvgIpc) is 2.11. The maximum absolute atomic E-state index is 12.9. The fourth-order valence-electron chi connectivity index (χ4n) is 1.07. The number of rotatable bonds is 3. The number of benzene rings is 1. The van der Waals surface area contributed by atoms with Gasteiger partial charge in [0.25, 0.3) is 10.1 Å². The highest BCUT2D eigenvalue weighted by molar-refractivity contribution is 7.85. The molecule has 0 unspecified atom stereocenters. The Morgan fingerprint density at radius 2 is 1.82 bits per heavy atom. The van der Waals surface area contributed by atoms with Crippen molar-refractivity contribution in [3.8, 4) is 0 Å². The van der Waals surface area contributed by atoms with E-state index in [9.17, 15) is 26.0 Å². The highest BCUT2D eigenvalue weighted by Gasteiger charge is 2.31. The number of hydrogen-bond acceptors (Lipinski definition) is 3. The van der Waals surface area contributed by atoms with Crippen LogP contribution in [0.15, 0.2) is 18.2 Å². The van der Waals surface area contributed by atoms with Gasteiger partial charge < -0.3 is 0 Å². The molecule has 17 heavy (non-hydrogen) atoms. The molecule has 0 heterocycles. The predicted octanol–water partition coefficient (Wildman–Crippen LogP) is 2.32. The average molecular weight is 272 g/mol. The minimum atomic E-state index is -4.69. The molecular weight excluding hydrogens is 264 g/mol. The van der Waals surface area contributed by atoms with Crippen molar-refractivity contribution in [1.82, 2.24) is 0 Å². The first-order valence-corrected chi connectivity index (χ1v) is 6.10. The summed E-state index contributed by atoms with van der Waals surface area (Å²) in [7, 11) is -3.79. The van der Waals surface area contributed by atoms with E-state index in [0.717, 1.165) is 12.3 Å². The fourth-order valence-corrected chi connectivity index (χ4v) is 1.42. The Morgan fingerprint density at radius 1 is 1.24 bits per heavy atom. The van der Waals surface area contributed by atoms with Crippen molar-refractivity contribution in [1.29, 1.82) is 0 Å². The van der Waals surface area contributed by atoms with Crippen LogP contribution in [-0.2, 0) is 27.1 Å². The van der Waals surface area contributed by atoms with Crippen molar-refractivity contribution in [2.75, 3.05) is 6.26 Å². The topological polar surface area (TPSA) is 43.4 Å². The van der Waals surface area contributed by atoms with Crippen LogP contribution in [0.4, 0.5) is 17.6 Å². The van der Waals surface area contributed by atoms with Crippen LogP contribution in [0.3, 0.4) is 0 Å². The van der Waals surface area contributed by atoms with Gasteiger partial charge in [0.2, 0.25) is 0 Å². The molecule has 0 saturated carbocycles. The lowest BCUT2D eigenvalue weighted by atomic mass is 10.1. The van der Waals surface area contributed by atoms with Gasteiger partial charge >= 0.3 is 6.18 Å². The second-order valence-corrected chi connectivity index (χ2v) is 4.96. The van der Waals surface area contributed by atoms with E-state index in [1.54, 1.807) is 0 Å². The molecule has 1 aromatic rings. The summed E-state index contributed by atoms with van der Waals surface area (Å²) in [5.74, 6) is -1.10. The molecule has 1 rings (SSSR count). The number of halogens is 4. The monoisotopic (exact) mass is 272 g/mol. The summed E-state index contributed by atoms with van der Waals surface area (Å²) in [5.41, 5.74) is -1.40. The third-order valence-corrected chi connectivity index (χ3v) is 2.27. The minimum absolute atomic E-state index is 0.206. The van der Waals surface area contributed by atoms with E-state index in [2.05, 4.69) is 4.18 Å². The van der Waals surface area contributed by atoms with E-state index < -0.39 is 34.3 Å². The normalized spacial score (nSPS) is 12.8. The van der Waals surface area contributed by atoms with Crippen LogP contribution in [0, 0.1) is 5.82 Å². The first kappa shape index (κ1) is 13.9. The van der Waals surface area contributed by atoms with Crippen LogP contribution in [0.5, 0.6) is 0 Å². The molecule has 0 radical (unpaired) electrons. The fraction of sp³-hybridized carbons (Fsp3) is 0.333. The van der Waals surface area contributed by atoms with Gasteiger partial charge in [-0.2, -0.15) is 21.6 Å². The molecule has 0 saturated heterocycles. The smallest absolute Gasteiger partial charge is 0.265 e. The summed E-state index contributed by atoms with van der Waals surface area (Å²) in [6.45, 7) is -0.639. The van der Waals surface area contributed by atoms with E-state index >= 15 is 0 Å². The third-order valence-electron chi connectivity index (χ3n) is 1.72. The minimum Gasteiger partial charge on any atom is -0.265 e. The first-order valence-electron chi connectivity index (χ1n) is 4.29. The molecule has 0 aromatic heterocycles. The molecule has 0 amide bonds. The van der Waals surface area contributed by atoms with Crippen molar-refractivity contribution in [2.45, 2.75) is 12.8 Å². The molecular formula is C9H8F4O3S. The van der Waals surface area contributed by atoms with Gasteiger partial charge in [0.05, 0.1) is 18.4 Å². The second-order valence-electron chi connectivity index (χ2n) is 3.31. The van der Waals surface area contributed by atoms with Crippen LogP contribution in [0.1, 0.15) is 11.1 Å². The van der Waals surface area contributed by atoms with E-state index in [-0.39, 0.29) is 5.56 Å². The Labute approximate surface area is 95.1 Å². The first-order chi connectivity index (χ1) is 7.58. The van der Waals surface area contributed by atoms with Crippen molar-refractivity contribution >= 4 is 10.1 Å². The molecule has 0 atom stereocenters. The summed E-state index contributed by atoms with van der Waals surface area (Å²) in [4.78, 5) is 0. The molecule has 0 spiro atoms. The van der Waals surface area contributed by atoms with Crippen LogP contribution >= 0.6 is 0 Å². The van der Waals surface area contributed by atoms with Crippen LogP contribution in [0.2, 0.25) is 0 Å². The van der Waals surface area contributed by atoms with Gasteiger partial charge in [-0.3, -0.25) is 4.18 Å². The predicted molar refractivity (Wildman–Crippen MR) is 51.0 cm³/mol. The largest absolute Gasteiger partial charge is 0.416 e. The van der Waals surface area contributed by atoms with Crippen molar-refractivity contribution in [2.24, 2.45) is 0 Å². The number of alkyl halides is 3. The molecule has 0 N–H and O–H groups in total. The Kier molecular flexibility index (Phi) is 3.78. The summed E-state index contributed by atoms with van der Waals surface area (Å²) < 4.78 is 75.3. The summed E-state index contributed by atoms with van der Waals surface area (Å²) >= 11 is 0. The Hall–Kier alpha value is -1.15. The molecule has 0 aliphatic carbocycles. The second kappa shape index (κ2) is 4.61. The Balaban J connectivity index is 2.98. The quantitative estimate of drug-likeness (QED) is 0.626. The van der Waals surface area contributed by atoms with Gasteiger partial charge in [-0.25, -0.2) is 4.39 Å². The van der Waals surface area contributed by atoms with Crippen LogP contribution in [0.25, 0.3) is 0 Å². The Morgan fingerprint density at radius 3 is 2.29 bits per heavy atom. The standard InChI is InChI=1S/C9H8F4O3S/c1-17(14,15)16-5-6-2-7(9(11,12)13)4-8(10)3-6/h2-4H,5H2,1H3.